The zero-order chi connectivity index (χ0) is 17.6. The highest BCUT2D eigenvalue weighted by atomic mass is 19.4. The van der Waals surface area contributed by atoms with E-state index in [1.807, 2.05) is 0 Å². The van der Waals surface area contributed by atoms with Gasteiger partial charge >= 0.3 is 6.18 Å². The minimum atomic E-state index is -4.82. The van der Waals surface area contributed by atoms with Gasteiger partial charge in [-0.25, -0.2) is 9.97 Å². The number of aromatic nitrogens is 4. The molecular weight excluding hydrogens is 337 g/mol. The maximum absolute atomic E-state index is 12.9. The van der Waals surface area contributed by atoms with Gasteiger partial charge in [-0.3, -0.25) is 4.57 Å². The first-order valence-corrected chi connectivity index (χ1v) is 6.76. The van der Waals surface area contributed by atoms with Crippen molar-refractivity contribution in [2.45, 2.75) is 30.7 Å². The normalized spacial score (nSPS) is 27.8. The molecule has 9 nitrogen and oxygen atoms in total. The Morgan fingerprint density at radius 1 is 1.29 bits per heavy atom. The molecule has 4 atom stereocenters. The summed E-state index contributed by atoms with van der Waals surface area (Å²) in [6.07, 6.45) is -9.00. The molecule has 1 fully saturated rings. The van der Waals surface area contributed by atoms with Crippen molar-refractivity contribution in [3.8, 4) is 5.88 Å². The number of aliphatic hydroxyl groups is 3. The Labute approximate surface area is 132 Å². The molecule has 0 aromatic carbocycles. The monoisotopic (exact) mass is 350 g/mol. The van der Waals surface area contributed by atoms with Crippen molar-refractivity contribution in [2.24, 2.45) is 0 Å². The first-order chi connectivity index (χ1) is 11.3. The molecule has 0 aliphatic carbocycles. The van der Waals surface area contributed by atoms with Crippen LogP contribution in [0.1, 0.15) is 12.1 Å². The van der Waals surface area contributed by atoms with Gasteiger partial charge in [-0.2, -0.15) is 18.2 Å². The SMILES string of the molecule is COc1nc(C(F)(F)F)nc2c1ncn2C1OC(CO)C(O)C1O. The summed E-state index contributed by atoms with van der Waals surface area (Å²) in [5.74, 6) is -1.84. The molecule has 1 aliphatic heterocycles. The number of alkyl halides is 3. The van der Waals surface area contributed by atoms with E-state index in [0.29, 0.717) is 0 Å². The molecule has 2 aromatic heterocycles. The lowest BCUT2D eigenvalue weighted by atomic mass is 10.1. The second kappa shape index (κ2) is 5.81. The highest BCUT2D eigenvalue weighted by molar-refractivity contribution is 5.76. The Balaban J connectivity index is 2.13. The summed E-state index contributed by atoms with van der Waals surface area (Å²) in [7, 11) is 1.13. The van der Waals surface area contributed by atoms with Gasteiger partial charge in [-0.1, -0.05) is 0 Å². The molecule has 12 heteroatoms. The molecule has 132 valence electrons. The summed E-state index contributed by atoms with van der Waals surface area (Å²) in [5.41, 5.74) is -0.354. The number of aliphatic hydroxyl groups excluding tert-OH is 3. The van der Waals surface area contributed by atoms with Crippen molar-refractivity contribution in [1.29, 1.82) is 0 Å². The summed E-state index contributed by atoms with van der Waals surface area (Å²) in [6, 6.07) is 0. The van der Waals surface area contributed by atoms with Crippen LogP contribution in [0.4, 0.5) is 13.2 Å². The number of hydrogen-bond donors (Lipinski definition) is 3. The fourth-order valence-corrected chi connectivity index (χ4v) is 2.46. The quantitative estimate of drug-likeness (QED) is 0.675. The van der Waals surface area contributed by atoms with Crippen LogP contribution in [0.2, 0.25) is 0 Å². The predicted molar refractivity (Wildman–Crippen MR) is 69.9 cm³/mol. The van der Waals surface area contributed by atoms with Gasteiger partial charge in [0.25, 0.3) is 0 Å². The van der Waals surface area contributed by atoms with Crippen molar-refractivity contribution in [1.82, 2.24) is 19.5 Å². The minimum absolute atomic E-state index is 0.0664. The highest BCUT2D eigenvalue weighted by Crippen LogP contribution is 2.35. The lowest BCUT2D eigenvalue weighted by Crippen LogP contribution is -2.33. The van der Waals surface area contributed by atoms with Gasteiger partial charge < -0.3 is 24.8 Å². The maximum Gasteiger partial charge on any atom is 0.451 e. The van der Waals surface area contributed by atoms with Crippen molar-refractivity contribution in [2.75, 3.05) is 13.7 Å². The van der Waals surface area contributed by atoms with Crippen LogP contribution in [-0.4, -0.2) is 66.9 Å². The number of methoxy groups -OCH3 is 1. The standard InChI is InChI=1S/C12H13F3N4O5/c1-23-9-5-8(17-11(18-9)12(13,14)15)19(3-16-5)10-7(22)6(21)4(2-20)24-10/h3-4,6-7,10,20-22H,2H2,1H3. The van der Waals surface area contributed by atoms with Gasteiger partial charge in [-0.15, -0.1) is 0 Å². The molecule has 0 spiro atoms. The van der Waals surface area contributed by atoms with Gasteiger partial charge in [0.1, 0.15) is 18.3 Å². The zero-order valence-corrected chi connectivity index (χ0v) is 12.2. The lowest BCUT2D eigenvalue weighted by Gasteiger charge is -2.17. The fourth-order valence-electron chi connectivity index (χ4n) is 2.46. The molecule has 2 aromatic rings. The zero-order valence-electron chi connectivity index (χ0n) is 12.2. The molecule has 3 N–H and O–H groups in total. The van der Waals surface area contributed by atoms with Crippen molar-refractivity contribution < 1.29 is 38.0 Å². The Kier molecular flexibility index (Phi) is 4.07. The first kappa shape index (κ1) is 16.8. The van der Waals surface area contributed by atoms with Crippen molar-refractivity contribution >= 4 is 11.2 Å². The Hall–Kier alpha value is -2.02. The van der Waals surface area contributed by atoms with Crippen LogP contribution in [0.25, 0.3) is 11.2 Å². The first-order valence-electron chi connectivity index (χ1n) is 6.76. The Morgan fingerprint density at radius 2 is 2.00 bits per heavy atom. The molecular formula is C12H13F3N4O5. The summed E-state index contributed by atoms with van der Waals surface area (Å²) in [4.78, 5) is 10.6. The number of fused-ring (bicyclic) bond motifs is 1. The summed E-state index contributed by atoms with van der Waals surface area (Å²) in [5, 5.41) is 28.9. The van der Waals surface area contributed by atoms with Gasteiger partial charge in [0.05, 0.1) is 20.0 Å². The molecule has 0 radical (unpaired) electrons. The van der Waals surface area contributed by atoms with E-state index < -0.39 is 49.0 Å². The average molecular weight is 350 g/mol. The molecule has 4 unspecified atom stereocenters. The second-order valence-electron chi connectivity index (χ2n) is 5.11. The molecule has 24 heavy (non-hydrogen) atoms. The van der Waals surface area contributed by atoms with E-state index in [2.05, 4.69) is 15.0 Å². The average Bonchev–Trinajstić information content (AvgIpc) is 3.08. The van der Waals surface area contributed by atoms with Crippen LogP contribution in [0.15, 0.2) is 6.33 Å². The number of ether oxygens (including phenoxy) is 2. The molecule has 3 heterocycles. The molecule has 3 rings (SSSR count). The van der Waals surface area contributed by atoms with Gasteiger partial charge in [0.2, 0.25) is 11.7 Å². The lowest BCUT2D eigenvalue weighted by molar-refractivity contribution is -0.145. The molecule has 1 aliphatic rings. The third kappa shape index (κ3) is 2.56. The summed E-state index contributed by atoms with van der Waals surface area (Å²) in [6.45, 7) is -0.576. The van der Waals surface area contributed by atoms with E-state index in [0.717, 1.165) is 18.0 Å². The number of hydrogen-bond acceptors (Lipinski definition) is 8. The van der Waals surface area contributed by atoms with Crippen molar-refractivity contribution in [3.63, 3.8) is 0 Å². The van der Waals surface area contributed by atoms with E-state index in [1.54, 1.807) is 0 Å². The van der Waals surface area contributed by atoms with Gasteiger partial charge in [0, 0.05) is 0 Å². The number of halogens is 3. The van der Waals surface area contributed by atoms with E-state index in [4.69, 9.17) is 14.6 Å². The van der Waals surface area contributed by atoms with Crippen LogP contribution >= 0.6 is 0 Å². The van der Waals surface area contributed by atoms with Gasteiger partial charge in [0.15, 0.2) is 17.4 Å². The second-order valence-corrected chi connectivity index (χ2v) is 5.11. The highest BCUT2D eigenvalue weighted by Gasteiger charge is 2.44. The minimum Gasteiger partial charge on any atom is -0.479 e. The van der Waals surface area contributed by atoms with Crippen LogP contribution in [0.5, 0.6) is 5.88 Å². The van der Waals surface area contributed by atoms with E-state index in [9.17, 15) is 23.4 Å². The number of rotatable bonds is 3. The topological polar surface area (TPSA) is 123 Å². The third-order valence-electron chi connectivity index (χ3n) is 3.63. The molecule has 0 bridgehead atoms. The predicted octanol–water partition coefficient (Wildman–Crippen LogP) is -0.535. The van der Waals surface area contributed by atoms with Gasteiger partial charge in [-0.05, 0) is 0 Å². The Morgan fingerprint density at radius 3 is 2.54 bits per heavy atom. The molecule has 0 amide bonds. The third-order valence-corrected chi connectivity index (χ3v) is 3.63. The van der Waals surface area contributed by atoms with E-state index >= 15 is 0 Å². The number of imidazole rings is 1. The maximum atomic E-state index is 12.9. The number of nitrogens with zero attached hydrogens (tertiary/aromatic N) is 4. The van der Waals surface area contributed by atoms with Crippen LogP contribution in [-0.2, 0) is 10.9 Å². The van der Waals surface area contributed by atoms with Crippen LogP contribution < -0.4 is 4.74 Å². The molecule has 0 saturated carbocycles. The largest absolute Gasteiger partial charge is 0.479 e. The smallest absolute Gasteiger partial charge is 0.451 e. The Bertz CT molecular complexity index is 752. The van der Waals surface area contributed by atoms with Crippen molar-refractivity contribution in [3.05, 3.63) is 12.2 Å². The van der Waals surface area contributed by atoms with Crippen LogP contribution in [0, 0.1) is 0 Å². The molecule has 1 saturated heterocycles. The van der Waals surface area contributed by atoms with E-state index in [-0.39, 0.29) is 11.2 Å². The van der Waals surface area contributed by atoms with E-state index in [1.165, 1.54) is 0 Å². The fraction of sp³-hybridized carbons (Fsp3) is 0.583. The summed E-state index contributed by atoms with van der Waals surface area (Å²) < 4.78 is 49.9. The summed E-state index contributed by atoms with van der Waals surface area (Å²) >= 11 is 0. The van der Waals surface area contributed by atoms with Crippen LogP contribution in [0.3, 0.4) is 0 Å².